The maximum absolute atomic E-state index is 12.7. The van der Waals surface area contributed by atoms with E-state index in [9.17, 15) is 14.7 Å². The molecule has 0 N–H and O–H groups in total. The van der Waals surface area contributed by atoms with Crippen molar-refractivity contribution in [3.8, 4) is 0 Å². The SMILES string of the molecule is CCCCCCSCCCN1C(=O)/C(=C/[O-])C(=O)N1C(CC)SCCCCCC.[Na+]. The molecular weight excluding hydrogens is 427 g/mol. The first kappa shape index (κ1) is 30.2. The van der Waals surface area contributed by atoms with Crippen molar-refractivity contribution in [1.29, 1.82) is 0 Å². The minimum Gasteiger partial charge on any atom is -0.877 e. The Hall–Kier alpha value is 0.180. The number of hydrogen-bond donors (Lipinski definition) is 0. The first-order chi connectivity index (χ1) is 14.1. The largest absolute Gasteiger partial charge is 1.00 e. The number of amides is 2. The Morgan fingerprint density at radius 1 is 0.867 bits per heavy atom. The summed E-state index contributed by atoms with van der Waals surface area (Å²) in [6, 6.07) is 0. The van der Waals surface area contributed by atoms with Crippen LogP contribution >= 0.6 is 23.5 Å². The van der Waals surface area contributed by atoms with Crippen LogP contribution in [0.25, 0.3) is 0 Å². The quantitative estimate of drug-likeness (QED) is 0.107. The third-order valence-electron chi connectivity index (χ3n) is 5.01. The van der Waals surface area contributed by atoms with Gasteiger partial charge in [0, 0.05) is 6.54 Å². The molecule has 168 valence electrons. The molecule has 0 saturated carbocycles. The van der Waals surface area contributed by atoms with Crippen LogP contribution in [0.1, 0.15) is 85.0 Å². The van der Waals surface area contributed by atoms with E-state index in [-0.39, 0.29) is 40.5 Å². The van der Waals surface area contributed by atoms with Crippen LogP contribution in [0, 0.1) is 0 Å². The van der Waals surface area contributed by atoms with Crippen LogP contribution in [-0.2, 0) is 9.59 Å². The van der Waals surface area contributed by atoms with Gasteiger partial charge in [0.15, 0.2) is 0 Å². The molecular formula is C22H39N2NaO3S2. The van der Waals surface area contributed by atoms with Gasteiger partial charge in [-0.05, 0) is 42.9 Å². The molecule has 1 aliphatic heterocycles. The van der Waals surface area contributed by atoms with Gasteiger partial charge in [-0.25, -0.2) is 10.0 Å². The molecule has 0 radical (unpaired) electrons. The maximum atomic E-state index is 12.7. The third kappa shape index (κ3) is 10.2. The minimum absolute atomic E-state index is 0. The van der Waals surface area contributed by atoms with Crippen molar-refractivity contribution in [2.24, 2.45) is 0 Å². The molecule has 0 aromatic carbocycles. The molecule has 0 aromatic heterocycles. The van der Waals surface area contributed by atoms with Gasteiger partial charge >= 0.3 is 29.6 Å². The van der Waals surface area contributed by atoms with Crippen molar-refractivity contribution < 1.29 is 44.3 Å². The zero-order valence-corrected chi connectivity index (χ0v) is 23.1. The van der Waals surface area contributed by atoms with E-state index in [0.717, 1.165) is 36.5 Å². The number of unbranched alkanes of at least 4 members (excludes halogenated alkanes) is 6. The summed E-state index contributed by atoms with van der Waals surface area (Å²) in [5, 5.41) is 14.3. The molecule has 1 saturated heterocycles. The smallest absolute Gasteiger partial charge is 0.877 e. The zero-order chi connectivity index (χ0) is 21.5. The van der Waals surface area contributed by atoms with E-state index in [1.165, 1.54) is 50.0 Å². The Kier molecular flexibility index (Phi) is 18.8. The van der Waals surface area contributed by atoms with Crippen molar-refractivity contribution in [1.82, 2.24) is 10.0 Å². The maximum Gasteiger partial charge on any atom is 1.00 e. The molecule has 1 fully saturated rings. The van der Waals surface area contributed by atoms with Crippen molar-refractivity contribution in [3.63, 3.8) is 0 Å². The van der Waals surface area contributed by atoms with Crippen molar-refractivity contribution in [3.05, 3.63) is 11.8 Å². The van der Waals surface area contributed by atoms with E-state index in [1.54, 1.807) is 16.8 Å². The molecule has 0 spiro atoms. The van der Waals surface area contributed by atoms with Crippen molar-refractivity contribution in [2.75, 3.05) is 23.8 Å². The van der Waals surface area contributed by atoms with Crippen LogP contribution in [0.3, 0.4) is 0 Å². The van der Waals surface area contributed by atoms with E-state index >= 15 is 0 Å². The molecule has 0 aliphatic carbocycles. The van der Waals surface area contributed by atoms with Crippen molar-refractivity contribution >= 4 is 35.3 Å². The predicted molar refractivity (Wildman–Crippen MR) is 123 cm³/mol. The number of nitrogens with zero attached hydrogens (tertiary/aromatic N) is 2. The van der Waals surface area contributed by atoms with Crippen LogP contribution in [-0.4, -0.2) is 51.0 Å². The standard InChI is InChI=1S/C22H40N2O3S2.Na/c1-4-7-9-11-15-28-16-13-14-23-21(26)19(18-25)22(27)24(23)20(6-3)29-17-12-10-8-5-2;/h18,20,25H,4-17H2,1-3H3;/q;+1/p-1/b19-18-;. The minimum atomic E-state index is -0.428. The molecule has 0 aromatic rings. The Labute approximate surface area is 214 Å². The summed E-state index contributed by atoms with van der Waals surface area (Å²) in [6.45, 7) is 6.93. The van der Waals surface area contributed by atoms with Gasteiger partial charge in [0.2, 0.25) is 0 Å². The van der Waals surface area contributed by atoms with Crippen molar-refractivity contribution in [2.45, 2.75) is 90.4 Å². The van der Waals surface area contributed by atoms with E-state index in [1.807, 2.05) is 18.7 Å². The average Bonchev–Trinajstić information content (AvgIpc) is 2.96. The molecule has 1 heterocycles. The fourth-order valence-corrected chi connectivity index (χ4v) is 5.49. The Morgan fingerprint density at radius 3 is 2.03 bits per heavy atom. The van der Waals surface area contributed by atoms with Gasteiger partial charge in [-0.3, -0.25) is 9.59 Å². The molecule has 1 aliphatic rings. The molecule has 5 nitrogen and oxygen atoms in total. The molecule has 8 heteroatoms. The molecule has 30 heavy (non-hydrogen) atoms. The normalized spacial score (nSPS) is 16.4. The number of rotatable bonds is 17. The number of carbonyl (C=O) groups is 2. The van der Waals surface area contributed by atoms with E-state index in [4.69, 9.17) is 0 Å². The first-order valence-electron chi connectivity index (χ1n) is 11.3. The second-order valence-corrected chi connectivity index (χ2v) is 9.94. The monoisotopic (exact) mass is 466 g/mol. The third-order valence-corrected chi connectivity index (χ3v) is 7.61. The average molecular weight is 467 g/mol. The number of hydrogen-bond acceptors (Lipinski definition) is 5. The number of hydrazine groups is 1. The van der Waals surface area contributed by atoms with Gasteiger partial charge < -0.3 is 5.11 Å². The molecule has 1 unspecified atom stereocenters. The summed E-state index contributed by atoms with van der Waals surface area (Å²) in [4.78, 5) is 25.3. The second-order valence-electron chi connectivity index (χ2n) is 7.43. The Balaban J connectivity index is 0.00000841. The fraction of sp³-hybridized carbons (Fsp3) is 0.818. The summed E-state index contributed by atoms with van der Waals surface area (Å²) >= 11 is 3.63. The van der Waals surface area contributed by atoms with E-state index < -0.39 is 11.8 Å². The van der Waals surface area contributed by atoms with E-state index in [0.29, 0.717) is 12.8 Å². The zero-order valence-electron chi connectivity index (χ0n) is 19.5. The van der Waals surface area contributed by atoms with Gasteiger partial charge in [0.25, 0.3) is 11.8 Å². The fourth-order valence-electron chi connectivity index (χ4n) is 3.32. The van der Waals surface area contributed by atoms with Gasteiger partial charge in [0.05, 0.1) is 10.9 Å². The van der Waals surface area contributed by atoms with Crippen LogP contribution in [0.5, 0.6) is 0 Å². The summed E-state index contributed by atoms with van der Waals surface area (Å²) < 4.78 is 0. The van der Waals surface area contributed by atoms with Gasteiger partial charge in [-0.1, -0.05) is 59.3 Å². The summed E-state index contributed by atoms with van der Waals surface area (Å²) in [5.74, 6) is 2.23. The van der Waals surface area contributed by atoms with Gasteiger partial charge in [-0.2, -0.15) is 11.8 Å². The predicted octanol–water partition coefficient (Wildman–Crippen LogP) is 1.57. The van der Waals surface area contributed by atoms with Crippen LogP contribution in [0.2, 0.25) is 0 Å². The number of carbonyl (C=O) groups excluding carboxylic acids is 2. The topological polar surface area (TPSA) is 63.7 Å². The Morgan fingerprint density at radius 2 is 1.47 bits per heavy atom. The van der Waals surface area contributed by atoms with Crippen LogP contribution in [0.4, 0.5) is 0 Å². The molecule has 0 bridgehead atoms. The number of thioether (sulfide) groups is 2. The second kappa shape index (κ2) is 18.7. The van der Waals surface area contributed by atoms with Gasteiger partial charge in [0.1, 0.15) is 0 Å². The van der Waals surface area contributed by atoms with Gasteiger partial charge in [-0.15, -0.1) is 18.0 Å². The first-order valence-corrected chi connectivity index (χ1v) is 13.5. The van der Waals surface area contributed by atoms with Crippen LogP contribution < -0.4 is 34.7 Å². The summed E-state index contributed by atoms with van der Waals surface area (Å²) in [5.41, 5.74) is -0.220. The summed E-state index contributed by atoms with van der Waals surface area (Å²) in [6.07, 6.45) is 11.8. The molecule has 2 amide bonds. The Bertz CT molecular complexity index is 521. The van der Waals surface area contributed by atoms with E-state index in [2.05, 4.69) is 13.8 Å². The molecule has 1 rings (SSSR count). The van der Waals surface area contributed by atoms with Crippen LogP contribution in [0.15, 0.2) is 11.8 Å². The molecule has 1 atom stereocenters. The summed E-state index contributed by atoms with van der Waals surface area (Å²) in [7, 11) is 0.